The number of halogens is 3. The first-order valence-corrected chi connectivity index (χ1v) is 6.65. The fourth-order valence-corrected chi connectivity index (χ4v) is 2.56. The summed E-state index contributed by atoms with van der Waals surface area (Å²) in [5, 5.41) is 0.605. The Balaban J connectivity index is 2.08. The van der Waals surface area contributed by atoms with Crippen LogP contribution in [0.15, 0.2) is 36.4 Å². The Morgan fingerprint density at radius 3 is 2.65 bits per heavy atom. The molecule has 0 aliphatic carbocycles. The van der Waals surface area contributed by atoms with E-state index < -0.39 is 11.6 Å². The van der Waals surface area contributed by atoms with Crippen LogP contribution in [0.25, 0.3) is 11.0 Å². The van der Waals surface area contributed by atoms with Crippen LogP contribution in [0.4, 0.5) is 8.78 Å². The molecule has 3 rings (SSSR count). The minimum Gasteiger partial charge on any atom is -0.331 e. The Labute approximate surface area is 123 Å². The zero-order chi connectivity index (χ0) is 14.3. The molecule has 0 saturated heterocycles. The van der Waals surface area contributed by atoms with Crippen molar-refractivity contribution in [2.45, 2.75) is 6.54 Å². The highest BCUT2D eigenvalue weighted by atomic mass is 35.5. The molecule has 6 heteroatoms. The van der Waals surface area contributed by atoms with Crippen LogP contribution >= 0.6 is 23.8 Å². The average Bonchev–Trinajstić information content (AvgIpc) is 2.69. The van der Waals surface area contributed by atoms with Crippen LogP contribution in [0, 0.1) is 16.4 Å². The topological polar surface area (TPSA) is 20.7 Å². The van der Waals surface area contributed by atoms with Gasteiger partial charge in [-0.1, -0.05) is 17.7 Å². The maximum atomic E-state index is 13.2. The molecule has 2 aromatic carbocycles. The standard InChI is InChI=1S/C14H9ClF2N2S/c15-9-2-4-13-12(6-9)18-14(20)19(13)7-8-1-3-10(16)11(17)5-8/h1-6H,7H2,(H,18,20). The lowest BCUT2D eigenvalue weighted by Crippen LogP contribution is -2.00. The van der Waals surface area contributed by atoms with Gasteiger partial charge in [-0.05, 0) is 48.1 Å². The van der Waals surface area contributed by atoms with E-state index >= 15 is 0 Å². The van der Waals surface area contributed by atoms with Crippen LogP contribution in [0.5, 0.6) is 0 Å². The lowest BCUT2D eigenvalue weighted by Gasteiger charge is -2.05. The summed E-state index contributed by atoms with van der Waals surface area (Å²) in [5.41, 5.74) is 2.31. The van der Waals surface area contributed by atoms with Crippen molar-refractivity contribution in [3.8, 4) is 0 Å². The number of hydrogen-bond donors (Lipinski definition) is 1. The molecular formula is C14H9ClF2N2S. The second-order valence-corrected chi connectivity index (χ2v) is 5.25. The lowest BCUT2D eigenvalue weighted by atomic mass is 10.2. The quantitative estimate of drug-likeness (QED) is 0.682. The fourth-order valence-electron chi connectivity index (χ4n) is 2.11. The Hall–Kier alpha value is -1.72. The second-order valence-electron chi connectivity index (χ2n) is 4.43. The van der Waals surface area contributed by atoms with Gasteiger partial charge in [0.2, 0.25) is 0 Å². The number of hydrogen-bond acceptors (Lipinski definition) is 1. The van der Waals surface area contributed by atoms with E-state index in [-0.39, 0.29) is 0 Å². The van der Waals surface area contributed by atoms with E-state index in [0.717, 1.165) is 17.1 Å². The lowest BCUT2D eigenvalue weighted by molar-refractivity contribution is 0.506. The first-order valence-electron chi connectivity index (χ1n) is 5.86. The summed E-state index contributed by atoms with van der Waals surface area (Å²) >= 11 is 11.2. The van der Waals surface area contributed by atoms with Crippen LogP contribution < -0.4 is 0 Å². The van der Waals surface area contributed by atoms with Gasteiger partial charge in [0.1, 0.15) is 0 Å². The highest BCUT2D eigenvalue weighted by molar-refractivity contribution is 7.71. The van der Waals surface area contributed by atoms with Crippen molar-refractivity contribution in [1.82, 2.24) is 9.55 Å². The predicted molar refractivity (Wildman–Crippen MR) is 77.6 cm³/mol. The van der Waals surface area contributed by atoms with Crippen molar-refractivity contribution in [3.05, 3.63) is 63.4 Å². The second kappa shape index (κ2) is 5.00. The Kier molecular flexibility index (Phi) is 3.31. The number of imidazole rings is 1. The minimum atomic E-state index is -0.864. The molecule has 0 radical (unpaired) electrons. The summed E-state index contributed by atoms with van der Waals surface area (Å²) in [6, 6.07) is 9.19. The number of benzene rings is 2. The molecule has 0 atom stereocenters. The van der Waals surface area contributed by atoms with Crippen molar-refractivity contribution in [2.24, 2.45) is 0 Å². The predicted octanol–water partition coefficient (Wildman–Crippen LogP) is 4.68. The summed E-state index contributed by atoms with van der Waals surface area (Å²) in [7, 11) is 0. The maximum absolute atomic E-state index is 13.2. The fraction of sp³-hybridized carbons (Fsp3) is 0.0714. The van der Waals surface area contributed by atoms with Crippen molar-refractivity contribution in [3.63, 3.8) is 0 Å². The summed E-state index contributed by atoms with van der Waals surface area (Å²) in [6.07, 6.45) is 0. The Bertz CT molecular complexity index is 854. The van der Waals surface area contributed by atoms with Crippen molar-refractivity contribution >= 4 is 34.9 Å². The van der Waals surface area contributed by atoms with Gasteiger partial charge in [-0.15, -0.1) is 0 Å². The molecule has 1 heterocycles. The van der Waals surface area contributed by atoms with Gasteiger partial charge in [0, 0.05) is 5.02 Å². The zero-order valence-electron chi connectivity index (χ0n) is 10.2. The molecular weight excluding hydrogens is 302 g/mol. The third kappa shape index (κ3) is 2.34. The number of aromatic amines is 1. The van der Waals surface area contributed by atoms with Gasteiger partial charge in [0.05, 0.1) is 17.6 Å². The molecule has 102 valence electrons. The van der Waals surface area contributed by atoms with E-state index in [2.05, 4.69) is 4.98 Å². The van der Waals surface area contributed by atoms with E-state index in [9.17, 15) is 8.78 Å². The normalized spacial score (nSPS) is 11.2. The summed E-state index contributed by atoms with van der Waals surface area (Å²) in [6.45, 7) is 0.359. The summed E-state index contributed by atoms with van der Waals surface area (Å²) in [4.78, 5) is 3.04. The highest BCUT2D eigenvalue weighted by Gasteiger charge is 2.08. The van der Waals surface area contributed by atoms with E-state index in [4.69, 9.17) is 23.8 Å². The van der Waals surface area contributed by atoms with Crippen LogP contribution in [0.2, 0.25) is 5.02 Å². The molecule has 1 N–H and O–H groups in total. The third-order valence-electron chi connectivity index (χ3n) is 3.06. The van der Waals surface area contributed by atoms with Crippen molar-refractivity contribution in [1.29, 1.82) is 0 Å². The molecule has 1 aromatic heterocycles. The molecule has 0 fully saturated rings. The number of fused-ring (bicyclic) bond motifs is 1. The smallest absolute Gasteiger partial charge is 0.178 e. The molecule has 0 aliphatic heterocycles. The summed E-state index contributed by atoms with van der Waals surface area (Å²) in [5.74, 6) is -1.72. The zero-order valence-corrected chi connectivity index (χ0v) is 11.7. The van der Waals surface area contributed by atoms with Crippen molar-refractivity contribution < 1.29 is 8.78 Å². The van der Waals surface area contributed by atoms with Crippen LogP contribution in [0.3, 0.4) is 0 Å². The minimum absolute atomic E-state index is 0.359. The molecule has 3 aromatic rings. The number of nitrogens with one attached hydrogen (secondary N) is 1. The first kappa shape index (κ1) is 13.3. The molecule has 0 amide bonds. The Morgan fingerprint density at radius 1 is 1.10 bits per heavy atom. The van der Waals surface area contributed by atoms with E-state index in [1.165, 1.54) is 12.1 Å². The largest absolute Gasteiger partial charge is 0.331 e. The van der Waals surface area contributed by atoms with Gasteiger partial charge in [0.25, 0.3) is 0 Å². The number of aromatic nitrogens is 2. The number of rotatable bonds is 2. The summed E-state index contributed by atoms with van der Waals surface area (Å²) < 4.78 is 28.5. The third-order valence-corrected chi connectivity index (χ3v) is 3.62. The van der Waals surface area contributed by atoms with E-state index in [1.54, 1.807) is 12.1 Å². The SMILES string of the molecule is Fc1ccc(Cn2c(=S)[nH]c3cc(Cl)ccc32)cc1F. The average molecular weight is 311 g/mol. The monoisotopic (exact) mass is 310 g/mol. The van der Waals surface area contributed by atoms with Gasteiger partial charge in [-0.3, -0.25) is 0 Å². The van der Waals surface area contributed by atoms with Crippen LogP contribution in [0.1, 0.15) is 5.56 Å². The van der Waals surface area contributed by atoms with Gasteiger partial charge in [-0.2, -0.15) is 0 Å². The van der Waals surface area contributed by atoms with Gasteiger partial charge < -0.3 is 9.55 Å². The van der Waals surface area contributed by atoms with Crippen molar-refractivity contribution in [2.75, 3.05) is 0 Å². The number of H-pyrrole nitrogens is 1. The van der Waals surface area contributed by atoms with Crippen LogP contribution in [-0.4, -0.2) is 9.55 Å². The molecule has 0 saturated carbocycles. The van der Waals surface area contributed by atoms with E-state index in [0.29, 0.717) is 21.9 Å². The van der Waals surface area contributed by atoms with Gasteiger partial charge in [0.15, 0.2) is 16.4 Å². The molecule has 0 aliphatic rings. The number of nitrogens with zero attached hydrogens (tertiary/aromatic N) is 1. The maximum Gasteiger partial charge on any atom is 0.178 e. The van der Waals surface area contributed by atoms with Gasteiger partial charge in [-0.25, -0.2) is 8.78 Å². The molecule has 2 nitrogen and oxygen atoms in total. The van der Waals surface area contributed by atoms with Gasteiger partial charge >= 0.3 is 0 Å². The first-order chi connectivity index (χ1) is 9.54. The molecule has 0 spiro atoms. The highest BCUT2D eigenvalue weighted by Crippen LogP contribution is 2.20. The molecule has 0 bridgehead atoms. The molecule has 0 unspecified atom stereocenters. The van der Waals surface area contributed by atoms with E-state index in [1.807, 2.05) is 10.6 Å². The van der Waals surface area contributed by atoms with Crippen LogP contribution in [-0.2, 0) is 6.54 Å². The molecule has 20 heavy (non-hydrogen) atoms. The Morgan fingerprint density at radius 2 is 1.90 bits per heavy atom.